The normalized spacial score (nSPS) is 11.1. The van der Waals surface area contributed by atoms with Gasteiger partial charge < -0.3 is 10.5 Å². The van der Waals surface area contributed by atoms with Crippen LogP contribution in [0.2, 0.25) is 0 Å². The molecule has 20 heavy (non-hydrogen) atoms. The van der Waals surface area contributed by atoms with E-state index in [4.69, 9.17) is 10.5 Å². The zero-order chi connectivity index (χ0) is 14.8. The van der Waals surface area contributed by atoms with Crippen LogP contribution in [0.25, 0.3) is 0 Å². The van der Waals surface area contributed by atoms with Gasteiger partial charge >= 0.3 is 0 Å². The maximum Gasteiger partial charge on any atom is 0.261 e. The molecule has 0 spiro atoms. The van der Waals surface area contributed by atoms with Crippen LogP contribution in [0.4, 0.5) is 11.4 Å². The molecule has 0 amide bonds. The molecule has 0 heterocycles. The van der Waals surface area contributed by atoms with Gasteiger partial charge in [0.2, 0.25) is 0 Å². The van der Waals surface area contributed by atoms with Gasteiger partial charge in [-0.2, -0.15) is 0 Å². The quantitative estimate of drug-likeness (QED) is 0.825. The van der Waals surface area contributed by atoms with Crippen molar-refractivity contribution in [2.75, 3.05) is 17.6 Å². The van der Waals surface area contributed by atoms with Crippen molar-refractivity contribution < 1.29 is 13.2 Å². The summed E-state index contributed by atoms with van der Waals surface area (Å²) in [5, 5.41) is 0. The van der Waals surface area contributed by atoms with Crippen LogP contribution in [0.5, 0.6) is 5.75 Å². The molecule has 106 valence electrons. The van der Waals surface area contributed by atoms with Gasteiger partial charge in [0, 0.05) is 10.5 Å². The number of nitrogens with two attached hydrogens (primary N) is 1. The van der Waals surface area contributed by atoms with Crippen LogP contribution >= 0.6 is 15.9 Å². The molecule has 0 aliphatic carbocycles. The number of hydrogen-bond donors (Lipinski definition) is 2. The van der Waals surface area contributed by atoms with Crippen LogP contribution in [0, 0.1) is 0 Å². The number of sulfonamides is 1. The summed E-state index contributed by atoms with van der Waals surface area (Å²) in [6.45, 7) is 0. The lowest BCUT2D eigenvalue weighted by Crippen LogP contribution is -2.14. The second-order valence-corrected chi connectivity index (χ2v) is 6.61. The van der Waals surface area contributed by atoms with E-state index >= 15 is 0 Å². The third kappa shape index (κ3) is 3.23. The Kier molecular flexibility index (Phi) is 4.20. The fraction of sp³-hybridized carbons (Fsp3) is 0.0769. The lowest BCUT2D eigenvalue weighted by Gasteiger charge is -2.11. The van der Waals surface area contributed by atoms with Gasteiger partial charge in [-0.15, -0.1) is 0 Å². The van der Waals surface area contributed by atoms with Crippen molar-refractivity contribution in [2.24, 2.45) is 0 Å². The van der Waals surface area contributed by atoms with E-state index in [1.807, 2.05) is 0 Å². The van der Waals surface area contributed by atoms with E-state index in [2.05, 4.69) is 20.7 Å². The van der Waals surface area contributed by atoms with Crippen LogP contribution in [-0.4, -0.2) is 15.5 Å². The largest absolute Gasteiger partial charge is 0.497 e. The minimum atomic E-state index is -3.68. The summed E-state index contributed by atoms with van der Waals surface area (Å²) in [6.07, 6.45) is 0. The Morgan fingerprint density at radius 2 is 1.80 bits per heavy atom. The highest BCUT2D eigenvalue weighted by atomic mass is 79.9. The number of benzene rings is 2. The maximum absolute atomic E-state index is 12.2. The maximum atomic E-state index is 12.2. The first-order chi connectivity index (χ1) is 9.42. The Bertz CT molecular complexity index is 715. The fourth-order valence-corrected chi connectivity index (χ4v) is 2.91. The second kappa shape index (κ2) is 5.72. The first kappa shape index (κ1) is 14.7. The van der Waals surface area contributed by atoms with Crippen LogP contribution in [0.1, 0.15) is 0 Å². The summed E-state index contributed by atoms with van der Waals surface area (Å²) in [5.41, 5.74) is 6.37. The predicted molar refractivity (Wildman–Crippen MR) is 82.4 cm³/mol. The Hall–Kier alpha value is -1.73. The highest BCUT2D eigenvalue weighted by molar-refractivity contribution is 9.10. The third-order valence-corrected chi connectivity index (χ3v) is 4.54. The summed E-state index contributed by atoms with van der Waals surface area (Å²) in [4.78, 5) is 0.155. The molecule has 2 rings (SSSR count). The SMILES string of the molecule is COc1ccc(N)c(NS(=O)(=O)c2ccc(Br)cc2)c1. The number of anilines is 2. The van der Waals surface area contributed by atoms with Gasteiger partial charge in [-0.1, -0.05) is 15.9 Å². The topological polar surface area (TPSA) is 81.4 Å². The number of methoxy groups -OCH3 is 1. The van der Waals surface area contributed by atoms with Gasteiger partial charge in [0.1, 0.15) is 5.75 Å². The molecule has 5 nitrogen and oxygen atoms in total. The lowest BCUT2D eigenvalue weighted by atomic mass is 10.2. The number of halogens is 1. The zero-order valence-electron chi connectivity index (χ0n) is 10.6. The Morgan fingerprint density at radius 1 is 1.15 bits per heavy atom. The van der Waals surface area contributed by atoms with Gasteiger partial charge in [-0.05, 0) is 36.4 Å². The summed E-state index contributed by atoms with van der Waals surface area (Å²) >= 11 is 3.26. The molecule has 0 aliphatic heterocycles. The minimum Gasteiger partial charge on any atom is -0.497 e. The van der Waals surface area contributed by atoms with Gasteiger partial charge in [-0.3, -0.25) is 4.72 Å². The Balaban J connectivity index is 2.35. The molecule has 0 aliphatic rings. The molecule has 2 aromatic carbocycles. The molecule has 0 aromatic heterocycles. The lowest BCUT2D eigenvalue weighted by molar-refractivity contribution is 0.415. The van der Waals surface area contributed by atoms with Crippen molar-refractivity contribution in [1.29, 1.82) is 0 Å². The summed E-state index contributed by atoms with van der Waals surface area (Å²) in [5.74, 6) is 0.521. The average Bonchev–Trinajstić information content (AvgIpc) is 2.41. The van der Waals surface area contributed by atoms with Crippen molar-refractivity contribution in [1.82, 2.24) is 0 Å². The molecule has 0 saturated carbocycles. The third-order valence-electron chi connectivity index (χ3n) is 2.63. The molecule has 3 N–H and O–H groups in total. The van der Waals surface area contributed by atoms with Crippen LogP contribution in [0.3, 0.4) is 0 Å². The molecule has 0 fully saturated rings. The molecular formula is C13H13BrN2O3S. The highest BCUT2D eigenvalue weighted by Gasteiger charge is 2.15. The van der Waals surface area contributed by atoms with Crippen LogP contribution < -0.4 is 15.2 Å². The Morgan fingerprint density at radius 3 is 2.40 bits per heavy atom. The zero-order valence-corrected chi connectivity index (χ0v) is 13.0. The van der Waals surface area contributed by atoms with Gasteiger partial charge in [0.25, 0.3) is 10.0 Å². The van der Waals surface area contributed by atoms with Crippen molar-refractivity contribution in [3.8, 4) is 5.75 Å². The standard InChI is InChI=1S/C13H13BrN2O3S/c1-19-10-4-7-12(15)13(8-10)16-20(17,18)11-5-2-9(14)3-6-11/h2-8,16H,15H2,1H3. The van der Waals surface area contributed by atoms with Crippen molar-refractivity contribution in [3.05, 3.63) is 46.9 Å². The van der Waals surface area contributed by atoms with Crippen molar-refractivity contribution >= 4 is 37.3 Å². The molecule has 0 unspecified atom stereocenters. The molecular weight excluding hydrogens is 344 g/mol. The van der Waals surface area contributed by atoms with Crippen LogP contribution in [-0.2, 0) is 10.0 Å². The van der Waals surface area contributed by atoms with Gasteiger partial charge in [0.15, 0.2) is 0 Å². The van der Waals surface area contributed by atoms with E-state index < -0.39 is 10.0 Å². The number of nitrogens with one attached hydrogen (secondary N) is 1. The number of hydrogen-bond acceptors (Lipinski definition) is 4. The smallest absolute Gasteiger partial charge is 0.261 e. The molecule has 0 radical (unpaired) electrons. The second-order valence-electron chi connectivity index (χ2n) is 4.01. The van der Waals surface area contributed by atoms with Crippen molar-refractivity contribution in [2.45, 2.75) is 4.90 Å². The molecule has 7 heteroatoms. The Labute approximate surface area is 125 Å². The van der Waals surface area contributed by atoms with E-state index in [1.54, 1.807) is 24.3 Å². The number of nitrogen functional groups attached to an aromatic ring is 1. The predicted octanol–water partition coefficient (Wildman–Crippen LogP) is 2.84. The molecule has 0 bridgehead atoms. The summed E-state index contributed by atoms with van der Waals surface area (Å²) < 4.78 is 32.8. The number of rotatable bonds is 4. The van der Waals surface area contributed by atoms with Crippen molar-refractivity contribution in [3.63, 3.8) is 0 Å². The monoisotopic (exact) mass is 356 g/mol. The van der Waals surface area contributed by atoms with E-state index in [-0.39, 0.29) is 10.6 Å². The first-order valence-electron chi connectivity index (χ1n) is 5.64. The van der Waals surface area contributed by atoms with Gasteiger partial charge in [0.05, 0.1) is 23.4 Å². The minimum absolute atomic E-state index is 0.155. The molecule has 0 atom stereocenters. The summed E-state index contributed by atoms with van der Waals surface area (Å²) in [7, 11) is -2.19. The van der Waals surface area contributed by atoms with Crippen LogP contribution in [0.15, 0.2) is 51.8 Å². The molecule has 2 aromatic rings. The summed E-state index contributed by atoms with van der Waals surface area (Å²) in [6, 6.07) is 11.1. The van der Waals surface area contributed by atoms with E-state index in [9.17, 15) is 8.42 Å². The highest BCUT2D eigenvalue weighted by Crippen LogP contribution is 2.27. The number of ether oxygens (including phenoxy) is 1. The van der Waals surface area contributed by atoms with E-state index in [1.165, 1.54) is 25.3 Å². The fourth-order valence-electron chi connectivity index (χ4n) is 1.57. The average molecular weight is 357 g/mol. The molecule has 0 saturated heterocycles. The van der Waals surface area contributed by atoms with Gasteiger partial charge in [-0.25, -0.2) is 8.42 Å². The van der Waals surface area contributed by atoms with E-state index in [0.717, 1.165) is 4.47 Å². The van der Waals surface area contributed by atoms with E-state index in [0.29, 0.717) is 11.4 Å². The first-order valence-corrected chi connectivity index (χ1v) is 7.92.